The number of anilines is 8. The van der Waals surface area contributed by atoms with Gasteiger partial charge in [-0.3, -0.25) is 4.98 Å². The second kappa shape index (κ2) is 15.2. The highest BCUT2D eigenvalue weighted by Crippen LogP contribution is 2.62. The number of aromatic nitrogens is 1. The van der Waals surface area contributed by atoms with E-state index in [-0.39, 0.29) is 39.3 Å². The summed E-state index contributed by atoms with van der Waals surface area (Å²) in [5.74, 6) is 0. The summed E-state index contributed by atoms with van der Waals surface area (Å²) in [6, 6.07) is 52.3. The van der Waals surface area contributed by atoms with Gasteiger partial charge in [-0.2, -0.15) is 0 Å². The number of benzene rings is 6. The molecule has 2 unspecified atom stereocenters. The number of nitrogens with zero attached hydrogens (tertiary/aromatic N) is 4. The Kier molecular flexibility index (Phi) is 9.81. The summed E-state index contributed by atoms with van der Waals surface area (Å²) in [5, 5.41) is 0. The zero-order valence-electron chi connectivity index (χ0n) is 43.9. The lowest BCUT2D eigenvalue weighted by molar-refractivity contribution is 0.195. The highest BCUT2D eigenvalue weighted by Gasteiger charge is 2.58. The van der Waals surface area contributed by atoms with Crippen LogP contribution in [0.4, 0.5) is 45.5 Å². The predicted molar refractivity (Wildman–Crippen MR) is 299 cm³/mol. The molecule has 1 aromatic heterocycles. The molecule has 0 amide bonds. The summed E-state index contributed by atoms with van der Waals surface area (Å²) in [4.78, 5) is 12.9. The Morgan fingerprint density at radius 2 is 1.06 bits per heavy atom. The minimum absolute atomic E-state index is 0.0184. The van der Waals surface area contributed by atoms with Crippen molar-refractivity contribution >= 4 is 68.6 Å². The number of pyridine rings is 1. The van der Waals surface area contributed by atoms with E-state index >= 15 is 0 Å². The van der Waals surface area contributed by atoms with Crippen molar-refractivity contribution in [3.8, 4) is 11.3 Å². The van der Waals surface area contributed by atoms with Gasteiger partial charge in [0.15, 0.2) is 0 Å². The van der Waals surface area contributed by atoms with Crippen LogP contribution in [0.3, 0.4) is 0 Å². The molecule has 0 bridgehead atoms. The summed E-state index contributed by atoms with van der Waals surface area (Å²) < 4.78 is 0. The summed E-state index contributed by atoms with van der Waals surface area (Å²) in [6.45, 7) is 29.2. The second-order valence-corrected chi connectivity index (χ2v) is 25.5. The molecule has 0 saturated heterocycles. The Labute approximate surface area is 419 Å². The summed E-state index contributed by atoms with van der Waals surface area (Å²) >= 11 is 0. The molecule has 4 heterocycles. The van der Waals surface area contributed by atoms with Gasteiger partial charge in [-0.05, 0) is 171 Å². The summed E-state index contributed by atoms with van der Waals surface area (Å²) in [6.07, 6.45) is 8.96. The topological polar surface area (TPSA) is 22.6 Å². The Balaban J connectivity index is 1.20. The van der Waals surface area contributed by atoms with Crippen LogP contribution >= 0.6 is 0 Å². The zero-order valence-corrected chi connectivity index (χ0v) is 43.9. The van der Waals surface area contributed by atoms with Crippen LogP contribution in [-0.2, 0) is 27.1 Å². The minimum Gasteiger partial charge on any atom is -0.334 e. The van der Waals surface area contributed by atoms with Gasteiger partial charge in [0.1, 0.15) is 0 Å². The van der Waals surface area contributed by atoms with Crippen LogP contribution in [0.1, 0.15) is 149 Å². The minimum atomic E-state index is -0.164. The van der Waals surface area contributed by atoms with Crippen LogP contribution in [-0.4, -0.2) is 17.2 Å². The Morgan fingerprint density at radius 3 is 1.71 bits per heavy atom. The largest absolute Gasteiger partial charge is 0.334 e. The van der Waals surface area contributed by atoms with Crippen molar-refractivity contribution in [2.45, 2.75) is 154 Å². The van der Waals surface area contributed by atoms with E-state index in [4.69, 9.17) is 4.98 Å². The average Bonchev–Trinajstić information content (AvgIpc) is 3.54. The van der Waals surface area contributed by atoms with E-state index in [1.165, 1.54) is 121 Å². The third kappa shape index (κ3) is 6.58. The van der Waals surface area contributed by atoms with Crippen molar-refractivity contribution in [2.24, 2.45) is 0 Å². The molecule has 3 aliphatic heterocycles. The molecule has 1 saturated carbocycles. The SMILES string of the molecule is CC(C)(C)c1ccc(N2c3ccc(C(C)(C)C)cc3B3c4cc5c(cc4N(c4ccccc4)c4cc(N6c7ccc(-c8ccccn8)cc7C7(C)CCCCC67C)cc2c43)C(C)(C)CCC5(C)C)cc1. The number of para-hydroxylation sites is 1. The number of hydrogen-bond donors (Lipinski definition) is 0. The maximum absolute atomic E-state index is 4.85. The van der Waals surface area contributed by atoms with E-state index in [0.717, 1.165) is 18.5 Å². The van der Waals surface area contributed by atoms with Gasteiger partial charge in [-0.1, -0.05) is 150 Å². The fourth-order valence-corrected chi connectivity index (χ4v) is 13.7. The Hall–Kier alpha value is -6.07. The molecule has 5 aliphatic rings. The first-order chi connectivity index (χ1) is 33.2. The fourth-order valence-electron chi connectivity index (χ4n) is 13.7. The third-order valence-electron chi connectivity index (χ3n) is 18.2. The molecule has 7 aromatic rings. The van der Waals surface area contributed by atoms with Crippen molar-refractivity contribution in [3.05, 3.63) is 167 Å². The highest BCUT2D eigenvalue weighted by atomic mass is 15.3. The van der Waals surface area contributed by atoms with Crippen LogP contribution in [0.2, 0.25) is 0 Å². The zero-order chi connectivity index (χ0) is 48.9. The predicted octanol–water partition coefficient (Wildman–Crippen LogP) is 15.5. The van der Waals surface area contributed by atoms with Crippen LogP contribution < -0.4 is 31.1 Å². The molecule has 2 atom stereocenters. The van der Waals surface area contributed by atoms with Gasteiger partial charge >= 0.3 is 0 Å². The normalized spacial score (nSPS) is 21.6. The van der Waals surface area contributed by atoms with Gasteiger partial charge in [0, 0.05) is 62.7 Å². The van der Waals surface area contributed by atoms with Gasteiger partial charge < -0.3 is 14.7 Å². The molecular weight excluding hydrogens is 848 g/mol. The summed E-state index contributed by atoms with van der Waals surface area (Å²) in [5.41, 5.74) is 23.5. The molecule has 0 spiro atoms. The summed E-state index contributed by atoms with van der Waals surface area (Å²) in [7, 11) is 0. The maximum atomic E-state index is 4.85. The van der Waals surface area contributed by atoms with Gasteiger partial charge in [0.05, 0.1) is 11.2 Å². The van der Waals surface area contributed by atoms with Crippen LogP contribution in [0.25, 0.3) is 11.3 Å². The lowest BCUT2D eigenvalue weighted by Crippen LogP contribution is -2.62. The third-order valence-corrected chi connectivity index (χ3v) is 18.2. The monoisotopic (exact) mass is 919 g/mol. The number of rotatable bonds is 4. The first-order valence-electron chi connectivity index (χ1n) is 26.3. The van der Waals surface area contributed by atoms with E-state index < -0.39 is 0 Å². The number of fused-ring (bicyclic) bond motifs is 8. The quantitative estimate of drug-likeness (QED) is 0.164. The first kappa shape index (κ1) is 45.1. The van der Waals surface area contributed by atoms with Crippen molar-refractivity contribution in [3.63, 3.8) is 0 Å². The molecule has 12 rings (SSSR count). The lowest BCUT2D eigenvalue weighted by atomic mass is 9.33. The van der Waals surface area contributed by atoms with Gasteiger partial charge in [-0.15, -0.1) is 0 Å². The van der Waals surface area contributed by atoms with Gasteiger partial charge in [0.2, 0.25) is 0 Å². The van der Waals surface area contributed by atoms with E-state index in [0.29, 0.717) is 0 Å². The lowest BCUT2D eigenvalue weighted by Gasteiger charge is -2.51. The van der Waals surface area contributed by atoms with Crippen molar-refractivity contribution in [2.75, 3.05) is 14.7 Å². The smallest absolute Gasteiger partial charge is 0.252 e. The van der Waals surface area contributed by atoms with Gasteiger partial charge in [-0.25, -0.2) is 0 Å². The second-order valence-electron chi connectivity index (χ2n) is 25.5. The Morgan fingerprint density at radius 1 is 0.471 bits per heavy atom. The maximum Gasteiger partial charge on any atom is 0.252 e. The van der Waals surface area contributed by atoms with Gasteiger partial charge in [0.25, 0.3) is 6.71 Å². The molecule has 4 nitrogen and oxygen atoms in total. The van der Waals surface area contributed by atoms with E-state index in [1.54, 1.807) is 0 Å². The van der Waals surface area contributed by atoms with Crippen LogP contribution in [0.15, 0.2) is 140 Å². The molecule has 0 N–H and O–H groups in total. The molecular formula is C65H71BN4. The average molecular weight is 919 g/mol. The van der Waals surface area contributed by atoms with E-state index in [1.807, 2.05) is 12.3 Å². The van der Waals surface area contributed by atoms with Crippen molar-refractivity contribution < 1.29 is 0 Å². The van der Waals surface area contributed by atoms with Crippen molar-refractivity contribution in [1.29, 1.82) is 0 Å². The Bertz CT molecular complexity index is 3230. The molecule has 1 fully saturated rings. The molecule has 0 radical (unpaired) electrons. The van der Waals surface area contributed by atoms with Crippen molar-refractivity contribution in [1.82, 2.24) is 4.98 Å². The van der Waals surface area contributed by atoms with E-state index in [9.17, 15) is 0 Å². The first-order valence-corrected chi connectivity index (χ1v) is 26.3. The molecule has 70 heavy (non-hydrogen) atoms. The van der Waals surface area contributed by atoms with Crippen LogP contribution in [0, 0.1) is 0 Å². The van der Waals surface area contributed by atoms with Crippen LogP contribution in [0.5, 0.6) is 0 Å². The van der Waals surface area contributed by atoms with E-state index in [2.05, 4.69) is 225 Å². The number of hydrogen-bond acceptors (Lipinski definition) is 4. The molecule has 354 valence electrons. The molecule has 2 aliphatic carbocycles. The molecule has 6 aromatic carbocycles. The standard InChI is InChI=1S/C65H71BN4/c1-60(2,3)43-24-27-46(28-25-43)68-55-30-26-44(61(4,5)6)37-51(55)66-52-40-48-49(63(9,10)34-33-62(48,7)8)41-56(52)69(45-20-14-13-15-21-45)58-39-47(38-57(68)59(58)66)70-54-29-23-42(53-22-16-19-35-67-53)36-50(54)64(11)31-17-18-32-65(64,70)12/h13-16,19-30,35-41H,17-18,31-34H2,1-12H3. The fraction of sp³-hybridized carbons (Fsp3) is 0.369. The highest BCUT2D eigenvalue weighted by molar-refractivity contribution is 7.00. The molecule has 5 heteroatoms.